The van der Waals surface area contributed by atoms with Crippen LogP contribution in [-0.4, -0.2) is 38.1 Å². The number of aryl methyl sites for hydroxylation is 1. The van der Waals surface area contributed by atoms with Gasteiger partial charge in [0.25, 0.3) is 10.0 Å². The summed E-state index contributed by atoms with van der Waals surface area (Å²) in [5.41, 5.74) is 1.56. The molecule has 1 saturated heterocycles. The molecule has 7 nitrogen and oxygen atoms in total. The smallest absolute Gasteiger partial charge is 0.263 e. The van der Waals surface area contributed by atoms with Gasteiger partial charge in [0.2, 0.25) is 0 Å². The third-order valence-corrected chi connectivity index (χ3v) is 8.29. The highest BCUT2D eigenvalue weighted by Gasteiger charge is 2.32. The Labute approximate surface area is 174 Å². The van der Waals surface area contributed by atoms with Crippen molar-refractivity contribution in [3.63, 3.8) is 0 Å². The highest BCUT2D eigenvalue weighted by molar-refractivity contribution is 7.92. The van der Waals surface area contributed by atoms with Crippen molar-refractivity contribution >= 4 is 25.7 Å². The molecule has 158 valence electrons. The van der Waals surface area contributed by atoms with Gasteiger partial charge < -0.3 is 0 Å². The fourth-order valence-corrected chi connectivity index (χ4v) is 6.53. The lowest BCUT2D eigenvalue weighted by atomic mass is 10.2. The quantitative estimate of drug-likeness (QED) is 0.645. The van der Waals surface area contributed by atoms with Gasteiger partial charge >= 0.3 is 0 Å². The van der Waals surface area contributed by atoms with E-state index in [0.29, 0.717) is 12.1 Å². The van der Waals surface area contributed by atoms with E-state index in [1.54, 1.807) is 6.07 Å². The van der Waals surface area contributed by atoms with Gasteiger partial charge in [0, 0.05) is 11.6 Å². The number of rotatable bonds is 5. The van der Waals surface area contributed by atoms with E-state index in [9.17, 15) is 21.2 Å². The van der Waals surface area contributed by atoms with E-state index in [1.165, 1.54) is 17.7 Å². The molecule has 1 aromatic heterocycles. The Bertz CT molecular complexity index is 1300. The van der Waals surface area contributed by atoms with Gasteiger partial charge in [0.15, 0.2) is 9.84 Å². The highest BCUT2D eigenvalue weighted by atomic mass is 32.2. The molecule has 0 saturated carbocycles. The van der Waals surface area contributed by atoms with Crippen LogP contribution in [-0.2, 0) is 19.9 Å². The molecule has 2 heterocycles. The zero-order chi connectivity index (χ0) is 21.5. The molecular weight excluding hydrogens is 429 g/mol. The van der Waals surface area contributed by atoms with E-state index in [1.807, 2.05) is 30.3 Å². The van der Waals surface area contributed by atoms with Gasteiger partial charge in [-0.1, -0.05) is 30.3 Å². The van der Waals surface area contributed by atoms with Crippen LogP contribution in [0.2, 0.25) is 0 Å². The lowest BCUT2D eigenvalue weighted by molar-refractivity contribution is 0.507. The minimum absolute atomic E-state index is 0.0292. The summed E-state index contributed by atoms with van der Waals surface area (Å²) in [5, 5.41) is 4.51. The van der Waals surface area contributed by atoms with E-state index in [-0.39, 0.29) is 27.8 Å². The Balaban J connectivity index is 1.77. The van der Waals surface area contributed by atoms with Crippen molar-refractivity contribution in [2.45, 2.75) is 24.3 Å². The largest absolute Gasteiger partial charge is 0.264 e. The second-order valence-electron chi connectivity index (χ2n) is 7.30. The second kappa shape index (κ2) is 7.51. The molecule has 3 aromatic rings. The van der Waals surface area contributed by atoms with Crippen molar-refractivity contribution in [1.82, 2.24) is 9.78 Å². The number of halogens is 1. The third-order valence-electron chi connectivity index (χ3n) is 5.02. The number of sulfone groups is 1. The van der Waals surface area contributed by atoms with Crippen molar-refractivity contribution in [1.29, 1.82) is 0 Å². The Morgan fingerprint density at radius 1 is 1.13 bits per heavy atom. The first-order valence-corrected chi connectivity index (χ1v) is 12.6. The maximum atomic E-state index is 13.4. The zero-order valence-corrected chi connectivity index (χ0v) is 17.7. The molecule has 0 radical (unpaired) electrons. The van der Waals surface area contributed by atoms with Gasteiger partial charge in [-0.25, -0.2) is 25.9 Å². The van der Waals surface area contributed by atoms with Gasteiger partial charge in [0.05, 0.1) is 28.1 Å². The molecule has 0 spiro atoms. The number of nitrogens with one attached hydrogen (secondary N) is 1. The standard InChI is InChI=1S/C20H20FN3O4S2/c1-14-11-16(21)7-8-19(14)30(27,28)23-20-12-18(15-5-3-2-4-6-15)22-24(20)17-9-10-29(25,26)13-17/h2-8,11-12,17,23H,9-10,13H2,1H3/t17-/m0/s1. The summed E-state index contributed by atoms with van der Waals surface area (Å²) >= 11 is 0. The fraction of sp³-hybridized carbons (Fsp3) is 0.250. The van der Waals surface area contributed by atoms with E-state index in [0.717, 1.165) is 17.7 Å². The van der Waals surface area contributed by atoms with Crippen LogP contribution in [0.5, 0.6) is 0 Å². The molecule has 1 atom stereocenters. The average molecular weight is 450 g/mol. The maximum absolute atomic E-state index is 13.4. The third kappa shape index (κ3) is 4.10. The zero-order valence-electron chi connectivity index (χ0n) is 16.1. The van der Waals surface area contributed by atoms with Crippen molar-refractivity contribution < 1.29 is 21.2 Å². The van der Waals surface area contributed by atoms with E-state index < -0.39 is 31.7 Å². The van der Waals surface area contributed by atoms with Crippen molar-refractivity contribution in [2.24, 2.45) is 0 Å². The average Bonchev–Trinajstić information content (AvgIpc) is 3.24. The number of hydrogen-bond donors (Lipinski definition) is 1. The number of aromatic nitrogens is 2. The van der Waals surface area contributed by atoms with Crippen molar-refractivity contribution in [3.05, 3.63) is 66.0 Å². The number of nitrogens with zero attached hydrogens (tertiary/aromatic N) is 2. The molecule has 0 bridgehead atoms. The monoisotopic (exact) mass is 449 g/mol. The molecule has 1 aliphatic heterocycles. The molecule has 0 aliphatic carbocycles. The molecule has 1 aliphatic rings. The van der Waals surface area contributed by atoms with Gasteiger partial charge in [-0.2, -0.15) is 5.10 Å². The SMILES string of the molecule is Cc1cc(F)ccc1S(=O)(=O)Nc1cc(-c2ccccc2)nn1[C@H]1CCS(=O)(=O)C1. The van der Waals surface area contributed by atoms with Gasteiger partial charge in [-0.05, 0) is 37.1 Å². The molecular formula is C20H20FN3O4S2. The number of anilines is 1. The lowest BCUT2D eigenvalue weighted by Crippen LogP contribution is -2.20. The first kappa shape index (κ1) is 20.5. The van der Waals surface area contributed by atoms with Crippen LogP contribution >= 0.6 is 0 Å². The summed E-state index contributed by atoms with van der Waals surface area (Å²) < 4.78 is 67.3. The molecule has 1 N–H and O–H groups in total. The Hall–Kier alpha value is -2.72. The molecule has 2 aromatic carbocycles. The predicted molar refractivity (Wildman–Crippen MR) is 112 cm³/mol. The van der Waals surface area contributed by atoms with Crippen molar-refractivity contribution in [2.75, 3.05) is 16.2 Å². The molecule has 4 rings (SSSR count). The molecule has 10 heteroatoms. The molecule has 1 fully saturated rings. The summed E-state index contributed by atoms with van der Waals surface area (Å²) in [6, 6.07) is 13.7. The molecule has 30 heavy (non-hydrogen) atoms. The lowest BCUT2D eigenvalue weighted by Gasteiger charge is -2.15. The van der Waals surface area contributed by atoms with Crippen LogP contribution in [0.1, 0.15) is 18.0 Å². The van der Waals surface area contributed by atoms with Gasteiger partial charge in [0.1, 0.15) is 11.6 Å². The Morgan fingerprint density at radius 2 is 1.87 bits per heavy atom. The minimum Gasteiger partial charge on any atom is -0.264 e. The van der Waals surface area contributed by atoms with E-state index >= 15 is 0 Å². The molecule has 0 amide bonds. The van der Waals surface area contributed by atoms with Gasteiger partial charge in [-0.15, -0.1) is 0 Å². The number of sulfonamides is 1. The fourth-order valence-electron chi connectivity index (χ4n) is 3.57. The van der Waals surface area contributed by atoms with Crippen LogP contribution < -0.4 is 4.72 Å². The number of hydrogen-bond acceptors (Lipinski definition) is 5. The van der Waals surface area contributed by atoms with Crippen LogP contribution in [0.15, 0.2) is 59.5 Å². The van der Waals surface area contributed by atoms with Gasteiger partial charge in [-0.3, -0.25) is 4.72 Å². The van der Waals surface area contributed by atoms with Crippen LogP contribution in [0.4, 0.5) is 10.2 Å². The minimum atomic E-state index is -4.04. The highest BCUT2D eigenvalue weighted by Crippen LogP contribution is 2.31. The number of benzene rings is 2. The first-order chi connectivity index (χ1) is 14.1. The molecule has 0 unspecified atom stereocenters. The topological polar surface area (TPSA) is 98.1 Å². The first-order valence-electron chi connectivity index (χ1n) is 9.29. The second-order valence-corrected chi connectivity index (χ2v) is 11.2. The summed E-state index contributed by atoms with van der Waals surface area (Å²) in [6.45, 7) is 1.51. The summed E-state index contributed by atoms with van der Waals surface area (Å²) in [7, 11) is -7.24. The Morgan fingerprint density at radius 3 is 2.50 bits per heavy atom. The summed E-state index contributed by atoms with van der Waals surface area (Å²) in [5.74, 6) is -0.437. The predicted octanol–water partition coefficient (Wildman–Crippen LogP) is 3.16. The van der Waals surface area contributed by atoms with E-state index in [2.05, 4.69) is 9.82 Å². The summed E-state index contributed by atoms with van der Waals surface area (Å²) in [6.07, 6.45) is 0.350. The van der Waals surface area contributed by atoms with Crippen molar-refractivity contribution in [3.8, 4) is 11.3 Å². The Kier molecular flexibility index (Phi) is 5.15. The van der Waals surface area contributed by atoms with Crippen LogP contribution in [0.25, 0.3) is 11.3 Å². The maximum Gasteiger partial charge on any atom is 0.263 e. The van der Waals surface area contributed by atoms with Crippen LogP contribution in [0.3, 0.4) is 0 Å². The van der Waals surface area contributed by atoms with Crippen LogP contribution in [0, 0.1) is 12.7 Å². The normalized spacial score (nSPS) is 18.4. The summed E-state index contributed by atoms with van der Waals surface area (Å²) in [4.78, 5) is -0.0584. The van der Waals surface area contributed by atoms with E-state index in [4.69, 9.17) is 0 Å².